The number of rotatable bonds is 3. The van der Waals surface area contributed by atoms with Gasteiger partial charge < -0.3 is 14.9 Å². The SMILES string of the molecule is CC(C)C1CCN(C(=O)N2CC(C(C)C(=O)O)C2)C1. The summed E-state index contributed by atoms with van der Waals surface area (Å²) < 4.78 is 0. The first kappa shape index (κ1) is 14.2. The van der Waals surface area contributed by atoms with Crippen molar-refractivity contribution in [1.29, 1.82) is 0 Å². The van der Waals surface area contributed by atoms with Gasteiger partial charge in [-0.3, -0.25) is 4.79 Å². The fourth-order valence-corrected chi connectivity index (χ4v) is 2.89. The second-order valence-electron chi connectivity index (χ2n) is 6.31. The van der Waals surface area contributed by atoms with Gasteiger partial charge in [-0.1, -0.05) is 20.8 Å². The standard InChI is InChI=1S/C14H24N2O3/c1-9(2)11-4-5-15(6-11)14(19)16-7-12(8-16)10(3)13(17)18/h9-12H,4-8H2,1-3H3,(H,17,18). The van der Waals surface area contributed by atoms with Gasteiger partial charge in [0, 0.05) is 32.1 Å². The fourth-order valence-electron chi connectivity index (χ4n) is 2.89. The van der Waals surface area contributed by atoms with E-state index in [0.717, 1.165) is 19.5 Å². The van der Waals surface area contributed by atoms with E-state index in [1.165, 1.54) is 0 Å². The topological polar surface area (TPSA) is 60.9 Å². The molecule has 0 aromatic carbocycles. The molecule has 2 atom stereocenters. The Morgan fingerprint density at radius 3 is 2.11 bits per heavy atom. The van der Waals surface area contributed by atoms with Crippen LogP contribution < -0.4 is 0 Å². The average molecular weight is 268 g/mol. The van der Waals surface area contributed by atoms with E-state index >= 15 is 0 Å². The van der Waals surface area contributed by atoms with Crippen LogP contribution in [0.4, 0.5) is 4.79 Å². The monoisotopic (exact) mass is 268 g/mol. The van der Waals surface area contributed by atoms with E-state index in [9.17, 15) is 9.59 Å². The second kappa shape index (κ2) is 5.39. The lowest BCUT2D eigenvalue weighted by Gasteiger charge is -2.42. The minimum atomic E-state index is -0.766. The number of carboxylic acid groups (broad SMARTS) is 1. The number of carbonyl (C=O) groups is 2. The molecule has 0 aromatic heterocycles. The predicted molar refractivity (Wildman–Crippen MR) is 71.8 cm³/mol. The van der Waals surface area contributed by atoms with Crippen LogP contribution in [-0.4, -0.2) is 53.1 Å². The van der Waals surface area contributed by atoms with E-state index in [-0.39, 0.29) is 17.9 Å². The summed E-state index contributed by atoms with van der Waals surface area (Å²) >= 11 is 0. The molecule has 2 heterocycles. The van der Waals surface area contributed by atoms with Gasteiger partial charge in [-0.25, -0.2) is 4.79 Å². The van der Waals surface area contributed by atoms with Gasteiger partial charge in [0.15, 0.2) is 0 Å². The van der Waals surface area contributed by atoms with E-state index < -0.39 is 5.97 Å². The summed E-state index contributed by atoms with van der Waals surface area (Å²) in [6.07, 6.45) is 1.09. The Bertz CT molecular complexity index is 364. The summed E-state index contributed by atoms with van der Waals surface area (Å²) in [6, 6.07) is 0.0944. The maximum Gasteiger partial charge on any atom is 0.320 e. The highest BCUT2D eigenvalue weighted by molar-refractivity contribution is 5.76. The second-order valence-corrected chi connectivity index (χ2v) is 6.31. The Hall–Kier alpha value is -1.26. The van der Waals surface area contributed by atoms with Crippen molar-refractivity contribution in [1.82, 2.24) is 9.80 Å². The van der Waals surface area contributed by atoms with Crippen LogP contribution in [0.25, 0.3) is 0 Å². The van der Waals surface area contributed by atoms with E-state index in [4.69, 9.17) is 5.11 Å². The molecule has 0 radical (unpaired) electrons. The van der Waals surface area contributed by atoms with Crippen LogP contribution in [0.2, 0.25) is 0 Å². The molecule has 2 amide bonds. The maximum atomic E-state index is 12.2. The number of urea groups is 1. The molecular formula is C14H24N2O3. The zero-order chi connectivity index (χ0) is 14.2. The first-order valence-electron chi connectivity index (χ1n) is 7.16. The first-order valence-corrected chi connectivity index (χ1v) is 7.16. The van der Waals surface area contributed by atoms with Crippen molar-refractivity contribution < 1.29 is 14.7 Å². The highest BCUT2D eigenvalue weighted by atomic mass is 16.4. The molecule has 0 aliphatic carbocycles. The summed E-state index contributed by atoms with van der Waals surface area (Å²) in [5.41, 5.74) is 0. The lowest BCUT2D eigenvalue weighted by molar-refractivity contribution is -0.144. The predicted octanol–water partition coefficient (Wildman–Crippen LogP) is 1.74. The van der Waals surface area contributed by atoms with Crippen LogP contribution in [0.3, 0.4) is 0 Å². The Kier molecular flexibility index (Phi) is 4.02. The number of aliphatic carboxylic acids is 1. The molecule has 19 heavy (non-hydrogen) atoms. The number of carbonyl (C=O) groups excluding carboxylic acids is 1. The molecule has 0 aromatic rings. The number of hydrogen-bond acceptors (Lipinski definition) is 2. The summed E-state index contributed by atoms with van der Waals surface area (Å²) in [6.45, 7) is 9.01. The van der Waals surface area contributed by atoms with Crippen molar-refractivity contribution >= 4 is 12.0 Å². The smallest absolute Gasteiger partial charge is 0.320 e. The third kappa shape index (κ3) is 2.85. The van der Waals surface area contributed by atoms with Crippen molar-refractivity contribution in [2.75, 3.05) is 26.2 Å². The Labute approximate surface area is 114 Å². The van der Waals surface area contributed by atoms with Gasteiger partial charge in [0.2, 0.25) is 0 Å². The van der Waals surface area contributed by atoms with Crippen LogP contribution >= 0.6 is 0 Å². The molecule has 0 saturated carbocycles. The fraction of sp³-hybridized carbons (Fsp3) is 0.857. The minimum absolute atomic E-state index is 0.0944. The Morgan fingerprint density at radius 2 is 1.63 bits per heavy atom. The normalized spacial score (nSPS) is 25.6. The lowest BCUT2D eigenvalue weighted by Crippen LogP contribution is -2.57. The zero-order valence-electron chi connectivity index (χ0n) is 12.0. The molecule has 0 bridgehead atoms. The molecule has 2 saturated heterocycles. The average Bonchev–Trinajstić information content (AvgIpc) is 2.75. The van der Waals surface area contributed by atoms with Crippen molar-refractivity contribution in [2.24, 2.45) is 23.7 Å². The van der Waals surface area contributed by atoms with E-state index in [2.05, 4.69) is 13.8 Å². The van der Waals surface area contributed by atoms with Crippen LogP contribution in [-0.2, 0) is 4.79 Å². The number of hydrogen-bond donors (Lipinski definition) is 1. The maximum absolute atomic E-state index is 12.2. The summed E-state index contributed by atoms with van der Waals surface area (Å²) in [4.78, 5) is 26.8. The number of amides is 2. The molecule has 1 N–H and O–H groups in total. The number of carboxylic acids is 1. The third-order valence-corrected chi connectivity index (χ3v) is 4.71. The van der Waals surface area contributed by atoms with Crippen LogP contribution in [0, 0.1) is 23.7 Å². The zero-order valence-corrected chi connectivity index (χ0v) is 12.0. The van der Waals surface area contributed by atoms with Gasteiger partial charge >= 0.3 is 12.0 Å². The number of likely N-dealkylation sites (tertiary alicyclic amines) is 2. The molecule has 2 rings (SSSR count). The largest absolute Gasteiger partial charge is 0.481 e. The molecule has 2 fully saturated rings. The summed E-state index contributed by atoms with van der Waals surface area (Å²) in [5.74, 6) is 0.224. The summed E-state index contributed by atoms with van der Waals surface area (Å²) in [5, 5.41) is 8.94. The van der Waals surface area contributed by atoms with Gasteiger partial charge in [0.1, 0.15) is 0 Å². The molecule has 2 aliphatic heterocycles. The number of nitrogens with zero attached hydrogens (tertiary/aromatic N) is 2. The van der Waals surface area contributed by atoms with Crippen molar-refractivity contribution in [3.05, 3.63) is 0 Å². The molecule has 108 valence electrons. The molecule has 2 unspecified atom stereocenters. The van der Waals surface area contributed by atoms with Gasteiger partial charge in [-0.15, -0.1) is 0 Å². The minimum Gasteiger partial charge on any atom is -0.481 e. The van der Waals surface area contributed by atoms with Crippen LogP contribution in [0.1, 0.15) is 27.2 Å². The highest BCUT2D eigenvalue weighted by Gasteiger charge is 2.40. The van der Waals surface area contributed by atoms with Gasteiger partial charge in [-0.05, 0) is 18.3 Å². The molecular weight excluding hydrogens is 244 g/mol. The highest BCUT2D eigenvalue weighted by Crippen LogP contribution is 2.28. The van der Waals surface area contributed by atoms with Crippen LogP contribution in [0.5, 0.6) is 0 Å². The van der Waals surface area contributed by atoms with E-state index in [1.807, 2.05) is 4.90 Å². The quantitative estimate of drug-likeness (QED) is 0.848. The van der Waals surface area contributed by atoms with Gasteiger partial charge in [0.25, 0.3) is 0 Å². The van der Waals surface area contributed by atoms with Crippen molar-refractivity contribution in [3.63, 3.8) is 0 Å². The van der Waals surface area contributed by atoms with Gasteiger partial charge in [0.05, 0.1) is 5.92 Å². The first-order chi connectivity index (χ1) is 8.90. The molecule has 5 heteroatoms. The van der Waals surface area contributed by atoms with Crippen molar-refractivity contribution in [3.8, 4) is 0 Å². The van der Waals surface area contributed by atoms with Crippen LogP contribution in [0.15, 0.2) is 0 Å². The Balaban J connectivity index is 1.79. The summed E-state index contributed by atoms with van der Waals surface area (Å²) in [7, 11) is 0. The lowest BCUT2D eigenvalue weighted by atomic mass is 9.87. The molecule has 0 spiro atoms. The molecule has 5 nitrogen and oxygen atoms in total. The third-order valence-electron chi connectivity index (χ3n) is 4.71. The van der Waals surface area contributed by atoms with Crippen molar-refractivity contribution in [2.45, 2.75) is 27.2 Å². The van der Waals surface area contributed by atoms with Gasteiger partial charge in [-0.2, -0.15) is 0 Å². The Morgan fingerprint density at radius 1 is 1.05 bits per heavy atom. The van der Waals surface area contributed by atoms with E-state index in [1.54, 1.807) is 11.8 Å². The molecule has 2 aliphatic rings. The van der Waals surface area contributed by atoms with E-state index in [0.29, 0.717) is 24.9 Å².